The lowest BCUT2D eigenvalue weighted by atomic mass is 10.1. The van der Waals surface area contributed by atoms with Gasteiger partial charge in [0.25, 0.3) is 0 Å². The highest BCUT2D eigenvalue weighted by molar-refractivity contribution is 6.60. The fraction of sp³-hybridized carbons (Fsp3) is 1.00. The van der Waals surface area contributed by atoms with E-state index in [-0.39, 0.29) is 6.29 Å². The maximum absolute atomic E-state index is 6.66. The molecule has 0 radical (unpaired) electrons. The first kappa shape index (κ1) is 26.9. The number of hydrogen-bond acceptors (Lipinski definition) is 7. The molecule has 0 aliphatic rings. The second kappa shape index (κ2) is 15.8. The molecule has 7 nitrogen and oxygen atoms in total. The highest BCUT2D eigenvalue weighted by atomic mass is 28.4. The van der Waals surface area contributed by atoms with Gasteiger partial charge in [0.2, 0.25) is 0 Å². The van der Waals surface area contributed by atoms with Crippen molar-refractivity contribution in [2.45, 2.75) is 90.7 Å². The Labute approximate surface area is 168 Å². The molecule has 0 aliphatic carbocycles. The molecule has 0 amide bonds. The molecule has 0 heterocycles. The Morgan fingerprint density at radius 1 is 1.04 bits per heavy atom. The Balaban J connectivity index is 5.50. The number of nitrogens with one attached hydrogen (secondary N) is 1. The number of rotatable bonds is 19. The molecule has 27 heavy (non-hydrogen) atoms. The zero-order valence-corrected chi connectivity index (χ0v) is 19.4. The Morgan fingerprint density at radius 3 is 2.26 bits per heavy atom. The number of hydrogen-bond donors (Lipinski definition) is 3. The van der Waals surface area contributed by atoms with E-state index in [1.165, 1.54) is 0 Å². The van der Waals surface area contributed by atoms with Crippen LogP contribution in [0.4, 0.5) is 0 Å². The van der Waals surface area contributed by atoms with Crippen molar-refractivity contribution in [2.24, 2.45) is 11.5 Å². The second-order valence-corrected chi connectivity index (χ2v) is 9.51. The van der Waals surface area contributed by atoms with E-state index in [0.717, 1.165) is 45.1 Å². The van der Waals surface area contributed by atoms with Crippen LogP contribution < -0.4 is 16.8 Å². The molecule has 0 saturated heterocycles. The van der Waals surface area contributed by atoms with Gasteiger partial charge in [0.1, 0.15) is 5.72 Å². The van der Waals surface area contributed by atoms with Gasteiger partial charge in [0.15, 0.2) is 6.29 Å². The standard InChI is InChI=1S/C19H45N3O4Si/c1-6-10-11-13-18(24-9-4)25-27(23-5,17-12-15-20)26-19(7-2,14-16-21)22-8-3/h18,22H,6-17,20-21H2,1-5H3. The van der Waals surface area contributed by atoms with Gasteiger partial charge in [0, 0.05) is 26.2 Å². The van der Waals surface area contributed by atoms with Crippen LogP contribution in [0, 0.1) is 0 Å². The van der Waals surface area contributed by atoms with Crippen molar-refractivity contribution >= 4 is 8.80 Å². The molecule has 0 rings (SSSR count). The first-order valence-corrected chi connectivity index (χ1v) is 12.6. The maximum atomic E-state index is 6.66. The van der Waals surface area contributed by atoms with E-state index in [9.17, 15) is 0 Å². The lowest BCUT2D eigenvalue weighted by Gasteiger charge is -2.42. The van der Waals surface area contributed by atoms with Crippen molar-refractivity contribution in [3.63, 3.8) is 0 Å². The van der Waals surface area contributed by atoms with Crippen LogP contribution in [0.15, 0.2) is 0 Å². The quantitative estimate of drug-likeness (QED) is 0.172. The highest BCUT2D eigenvalue weighted by Crippen LogP contribution is 2.29. The smallest absolute Gasteiger partial charge is 0.377 e. The molecule has 0 aromatic carbocycles. The van der Waals surface area contributed by atoms with Crippen LogP contribution in [0.25, 0.3) is 0 Å². The predicted molar refractivity (Wildman–Crippen MR) is 113 cm³/mol. The van der Waals surface area contributed by atoms with Crippen molar-refractivity contribution in [3.05, 3.63) is 0 Å². The van der Waals surface area contributed by atoms with Gasteiger partial charge in [-0.05, 0) is 52.2 Å². The van der Waals surface area contributed by atoms with Gasteiger partial charge in [-0.2, -0.15) is 0 Å². The van der Waals surface area contributed by atoms with Gasteiger partial charge in [-0.1, -0.05) is 33.6 Å². The maximum Gasteiger partial charge on any atom is 0.504 e. The van der Waals surface area contributed by atoms with E-state index in [1.54, 1.807) is 7.11 Å². The van der Waals surface area contributed by atoms with Crippen molar-refractivity contribution in [1.29, 1.82) is 0 Å². The third-order valence-corrected chi connectivity index (χ3v) is 7.59. The average Bonchev–Trinajstić information content (AvgIpc) is 2.66. The van der Waals surface area contributed by atoms with Gasteiger partial charge in [-0.15, -0.1) is 0 Å². The SMILES string of the molecule is CCCCCC(OCC)O[Si](CCCN)(OC)OC(CC)(CCN)NCC. The minimum atomic E-state index is -3.00. The van der Waals surface area contributed by atoms with Crippen LogP contribution >= 0.6 is 0 Å². The van der Waals surface area contributed by atoms with E-state index in [0.29, 0.717) is 32.2 Å². The summed E-state index contributed by atoms with van der Waals surface area (Å²) in [7, 11) is -1.33. The van der Waals surface area contributed by atoms with Crippen LogP contribution in [0.5, 0.6) is 0 Å². The van der Waals surface area contributed by atoms with E-state index in [4.69, 9.17) is 29.5 Å². The second-order valence-electron chi connectivity index (χ2n) is 6.80. The normalized spacial score (nSPS) is 17.4. The molecule has 0 saturated carbocycles. The third kappa shape index (κ3) is 10.3. The molecule has 0 aliphatic heterocycles. The van der Waals surface area contributed by atoms with Crippen LogP contribution in [0.1, 0.15) is 72.6 Å². The van der Waals surface area contributed by atoms with E-state index in [2.05, 4.69) is 26.1 Å². The average molecular weight is 408 g/mol. The predicted octanol–water partition coefficient (Wildman–Crippen LogP) is 2.96. The molecular weight excluding hydrogens is 362 g/mol. The summed E-state index contributed by atoms with van der Waals surface area (Å²) in [5.74, 6) is 0. The number of ether oxygens (including phenoxy) is 1. The highest BCUT2D eigenvalue weighted by Gasteiger charge is 2.48. The van der Waals surface area contributed by atoms with Crippen molar-refractivity contribution < 1.29 is 18.0 Å². The first-order chi connectivity index (χ1) is 13.0. The molecule has 0 bridgehead atoms. The minimum absolute atomic E-state index is 0.319. The monoisotopic (exact) mass is 407 g/mol. The zero-order chi connectivity index (χ0) is 20.6. The molecule has 0 fully saturated rings. The lowest BCUT2D eigenvalue weighted by molar-refractivity contribution is -0.140. The fourth-order valence-corrected chi connectivity index (χ4v) is 5.96. The lowest BCUT2D eigenvalue weighted by Crippen LogP contribution is -2.60. The fourth-order valence-electron chi connectivity index (χ4n) is 3.17. The Kier molecular flexibility index (Phi) is 15.8. The summed E-state index contributed by atoms with van der Waals surface area (Å²) in [4.78, 5) is 0. The van der Waals surface area contributed by atoms with Crippen molar-refractivity contribution in [3.8, 4) is 0 Å². The van der Waals surface area contributed by atoms with Crippen LogP contribution in [0.3, 0.4) is 0 Å². The van der Waals surface area contributed by atoms with Crippen molar-refractivity contribution in [2.75, 3.05) is 33.4 Å². The van der Waals surface area contributed by atoms with Gasteiger partial charge < -0.3 is 29.5 Å². The molecule has 3 unspecified atom stereocenters. The molecule has 0 aromatic rings. The first-order valence-electron chi connectivity index (χ1n) is 10.7. The van der Waals surface area contributed by atoms with E-state index >= 15 is 0 Å². The summed E-state index contributed by atoms with van der Waals surface area (Å²) in [5, 5.41) is 3.47. The number of unbranched alkanes of at least 4 members (excludes halogenated alkanes) is 2. The van der Waals surface area contributed by atoms with E-state index < -0.39 is 14.5 Å². The molecule has 0 aromatic heterocycles. The minimum Gasteiger partial charge on any atom is -0.377 e. The largest absolute Gasteiger partial charge is 0.504 e. The molecule has 8 heteroatoms. The topological polar surface area (TPSA) is 101 Å². The van der Waals surface area contributed by atoms with Crippen LogP contribution in [0.2, 0.25) is 6.04 Å². The molecule has 164 valence electrons. The Hall–Kier alpha value is -0.0631. The molecule has 3 atom stereocenters. The Morgan fingerprint density at radius 2 is 1.78 bits per heavy atom. The summed E-state index contributed by atoms with van der Waals surface area (Å²) < 4.78 is 24.9. The molecular formula is C19H45N3O4Si. The Bertz CT molecular complexity index is 347. The van der Waals surface area contributed by atoms with Crippen LogP contribution in [-0.2, 0) is 18.0 Å². The summed E-state index contributed by atoms with van der Waals surface area (Å²) in [6, 6.07) is 0.662. The van der Waals surface area contributed by atoms with Gasteiger partial charge in [0.05, 0.1) is 0 Å². The summed E-state index contributed by atoms with van der Waals surface area (Å²) >= 11 is 0. The van der Waals surface area contributed by atoms with Gasteiger partial charge in [-0.3, -0.25) is 5.32 Å². The van der Waals surface area contributed by atoms with E-state index in [1.807, 2.05) is 6.92 Å². The molecule has 0 spiro atoms. The third-order valence-electron chi connectivity index (χ3n) is 4.67. The number of nitrogens with two attached hydrogens (primary N) is 2. The summed E-state index contributed by atoms with van der Waals surface area (Å²) in [6.45, 7) is 10.8. The molecule has 5 N–H and O–H groups in total. The zero-order valence-electron chi connectivity index (χ0n) is 18.4. The summed E-state index contributed by atoms with van der Waals surface area (Å²) in [5.41, 5.74) is 11.1. The van der Waals surface area contributed by atoms with Crippen molar-refractivity contribution in [1.82, 2.24) is 5.32 Å². The van der Waals surface area contributed by atoms with Gasteiger partial charge >= 0.3 is 8.80 Å². The van der Waals surface area contributed by atoms with Crippen LogP contribution in [-0.4, -0.2) is 54.2 Å². The van der Waals surface area contributed by atoms with Gasteiger partial charge in [-0.25, -0.2) is 0 Å². The summed E-state index contributed by atoms with van der Waals surface area (Å²) in [6.07, 6.45) is 6.13.